The number of oxime groups is 1. The van der Waals surface area contributed by atoms with Crippen LogP contribution in [0, 0.1) is 11.3 Å². The number of aromatic nitrogens is 1. The van der Waals surface area contributed by atoms with Gasteiger partial charge in [0.25, 0.3) is 5.91 Å². The highest BCUT2D eigenvalue weighted by Crippen LogP contribution is 1.91. The second-order valence-electron chi connectivity index (χ2n) is 2.73. The minimum Gasteiger partial charge on any atom is -0.390 e. The van der Waals surface area contributed by atoms with Crippen LogP contribution in [0.15, 0.2) is 35.8 Å². The zero-order valence-electron chi connectivity index (χ0n) is 8.41. The molecule has 82 valence electrons. The van der Waals surface area contributed by atoms with E-state index in [0.717, 1.165) is 0 Å². The molecule has 0 atom stereocenters. The average molecular weight is 218 g/mol. The van der Waals surface area contributed by atoms with Gasteiger partial charge in [-0.05, 0) is 18.2 Å². The highest BCUT2D eigenvalue weighted by atomic mass is 16.6. The van der Waals surface area contributed by atoms with Gasteiger partial charge in [0.15, 0.2) is 0 Å². The topological polar surface area (TPSA) is 93.4 Å². The van der Waals surface area contributed by atoms with Crippen LogP contribution in [-0.4, -0.2) is 22.8 Å². The van der Waals surface area contributed by atoms with Gasteiger partial charge in [-0.25, -0.2) is 0 Å². The lowest BCUT2D eigenvalue weighted by atomic mass is 10.4. The van der Waals surface area contributed by atoms with Crippen molar-refractivity contribution in [3.63, 3.8) is 0 Å². The van der Waals surface area contributed by atoms with E-state index in [1.807, 2.05) is 29.1 Å². The second kappa shape index (κ2) is 6.03. The lowest BCUT2D eigenvalue weighted by Crippen LogP contribution is -2.21. The third-order valence-corrected chi connectivity index (χ3v) is 1.57. The van der Waals surface area contributed by atoms with Crippen molar-refractivity contribution in [3.8, 4) is 6.07 Å². The van der Waals surface area contributed by atoms with Crippen molar-refractivity contribution in [3.05, 3.63) is 30.6 Å². The summed E-state index contributed by atoms with van der Waals surface area (Å²) < 4.78 is 1.81. The number of hydrogen-bond donors (Lipinski definition) is 1. The minimum absolute atomic E-state index is 0.149. The number of carbonyl (C=O) groups excluding carboxylic acids is 1. The van der Waals surface area contributed by atoms with Crippen molar-refractivity contribution in [1.29, 1.82) is 5.26 Å². The van der Waals surface area contributed by atoms with Crippen molar-refractivity contribution >= 4 is 17.8 Å². The first-order chi connectivity index (χ1) is 7.74. The van der Waals surface area contributed by atoms with E-state index in [9.17, 15) is 4.79 Å². The summed E-state index contributed by atoms with van der Waals surface area (Å²) in [7, 11) is 0. The van der Waals surface area contributed by atoms with Crippen LogP contribution >= 0.6 is 0 Å². The summed E-state index contributed by atoms with van der Waals surface area (Å²) in [5.74, 6) is -0.906. The van der Waals surface area contributed by atoms with Gasteiger partial charge in [0.1, 0.15) is 12.7 Å². The number of hydrogen-bond acceptors (Lipinski definition) is 4. The molecule has 1 rings (SSSR count). The number of primary amides is 1. The van der Waals surface area contributed by atoms with Crippen molar-refractivity contribution in [2.24, 2.45) is 10.9 Å². The van der Waals surface area contributed by atoms with Gasteiger partial charge in [-0.3, -0.25) is 4.79 Å². The second-order valence-corrected chi connectivity index (χ2v) is 2.73. The molecule has 0 aromatic carbocycles. The fourth-order valence-corrected chi connectivity index (χ4v) is 0.877. The minimum atomic E-state index is -0.906. The van der Waals surface area contributed by atoms with Crippen molar-refractivity contribution < 1.29 is 9.63 Å². The van der Waals surface area contributed by atoms with Crippen molar-refractivity contribution in [2.45, 2.75) is 0 Å². The highest BCUT2D eigenvalue weighted by Gasteiger charge is 2.04. The molecule has 0 aliphatic rings. The number of rotatable bonds is 5. The van der Waals surface area contributed by atoms with Crippen LogP contribution in [0.5, 0.6) is 0 Å². The number of nitrogens with two attached hydrogens (primary N) is 1. The zero-order valence-corrected chi connectivity index (χ0v) is 8.41. The van der Waals surface area contributed by atoms with Gasteiger partial charge in [-0.1, -0.05) is 5.16 Å². The van der Waals surface area contributed by atoms with Gasteiger partial charge < -0.3 is 15.1 Å². The fraction of sp³-hybridized carbons (Fsp3) is 0.100. The monoisotopic (exact) mass is 218 g/mol. The molecule has 0 saturated carbocycles. The Morgan fingerprint density at radius 2 is 2.25 bits per heavy atom. The van der Waals surface area contributed by atoms with E-state index >= 15 is 0 Å². The van der Waals surface area contributed by atoms with Gasteiger partial charge in [0.05, 0.1) is 0 Å². The maximum Gasteiger partial charge on any atom is 0.281 e. The summed E-state index contributed by atoms with van der Waals surface area (Å²) in [6, 6.07) is 5.29. The summed E-state index contributed by atoms with van der Waals surface area (Å²) in [6.45, 7) is 0.149. The largest absolute Gasteiger partial charge is 0.390 e. The smallest absolute Gasteiger partial charge is 0.281 e. The number of amides is 1. The molecule has 1 amide bonds. The van der Waals surface area contributed by atoms with Gasteiger partial charge in [0.2, 0.25) is 5.71 Å². The quantitative estimate of drug-likeness (QED) is 0.438. The summed E-state index contributed by atoms with van der Waals surface area (Å²) in [6.07, 6.45) is 7.14. The summed E-state index contributed by atoms with van der Waals surface area (Å²) in [5, 5.41) is 11.7. The van der Waals surface area contributed by atoms with Crippen LogP contribution in [0.4, 0.5) is 0 Å². The van der Waals surface area contributed by atoms with E-state index in [2.05, 4.69) is 5.16 Å². The molecule has 1 heterocycles. The third kappa shape index (κ3) is 3.67. The first kappa shape index (κ1) is 11.5. The molecule has 0 radical (unpaired) electrons. The van der Waals surface area contributed by atoms with E-state index in [0.29, 0.717) is 0 Å². The highest BCUT2D eigenvalue weighted by molar-refractivity contribution is 6.44. The van der Waals surface area contributed by atoms with Gasteiger partial charge in [0, 0.05) is 18.6 Å². The first-order valence-corrected chi connectivity index (χ1v) is 4.43. The van der Waals surface area contributed by atoms with Crippen LogP contribution in [0.1, 0.15) is 0 Å². The Labute approximate surface area is 92.2 Å². The molecule has 0 spiro atoms. The molecule has 1 aromatic rings. The summed E-state index contributed by atoms with van der Waals surface area (Å²) in [5.41, 5.74) is 4.40. The Kier molecular flexibility index (Phi) is 4.34. The molecule has 0 fully saturated rings. The predicted molar refractivity (Wildman–Crippen MR) is 58.0 cm³/mol. The molecular formula is C10H10N4O2. The van der Waals surface area contributed by atoms with Gasteiger partial charge >= 0.3 is 0 Å². The molecule has 0 aliphatic carbocycles. The summed E-state index contributed by atoms with van der Waals surface area (Å²) >= 11 is 0. The average Bonchev–Trinajstić information content (AvgIpc) is 2.75. The first-order valence-electron chi connectivity index (χ1n) is 4.43. The van der Waals surface area contributed by atoms with Crippen LogP contribution in [0.3, 0.4) is 0 Å². The SMILES string of the molecule is N#CC(=NOCC=Cn1cccc1)C(N)=O. The molecule has 0 bridgehead atoms. The standard InChI is InChI=1S/C10H10N4O2/c11-8-9(10(12)15)13-16-7-3-6-14-4-1-2-5-14/h1-6H,7H2,(H2,12,15). The molecule has 0 unspecified atom stereocenters. The molecule has 0 aliphatic heterocycles. The van der Waals surface area contributed by atoms with E-state index in [1.54, 1.807) is 12.3 Å². The fourth-order valence-electron chi connectivity index (χ4n) is 0.877. The molecule has 16 heavy (non-hydrogen) atoms. The lowest BCUT2D eigenvalue weighted by Gasteiger charge is -1.94. The van der Waals surface area contributed by atoms with Crippen molar-refractivity contribution in [1.82, 2.24) is 4.57 Å². The van der Waals surface area contributed by atoms with Crippen LogP contribution < -0.4 is 5.73 Å². The van der Waals surface area contributed by atoms with Crippen LogP contribution in [0.2, 0.25) is 0 Å². The zero-order chi connectivity index (χ0) is 11.8. The third-order valence-electron chi connectivity index (χ3n) is 1.57. The Hall–Kier alpha value is -2.55. The van der Waals surface area contributed by atoms with Gasteiger partial charge in [-0.15, -0.1) is 0 Å². The van der Waals surface area contributed by atoms with Crippen molar-refractivity contribution in [2.75, 3.05) is 6.61 Å². The Balaban J connectivity index is 2.37. The molecule has 1 aromatic heterocycles. The maximum atomic E-state index is 10.5. The number of carbonyl (C=O) groups is 1. The Morgan fingerprint density at radius 3 is 2.81 bits per heavy atom. The lowest BCUT2D eigenvalue weighted by molar-refractivity contribution is -0.112. The molecular weight excluding hydrogens is 208 g/mol. The van der Waals surface area contributed by atoms with E-state index in [1.165, 1.54) is 6.07 Å². The maximum absolute atomic E-state index is 10.5. The van der Waals surface area contributed by atoms with E-state index < -0.39 is 11.6 Å². The predicted octanol–water partition coefficient (Wildman–Crippen LogP) is 0.340. The summed E-state index contributed by atoms with van der Waals surface area (Å²) in [4.78, 5) is 15.3. The van der Waals surface area contributed by atoms with E-state index in [4.69, 9.17) is 15.8 Å². The number of nitriles is 1. The molecule has 6 nitrogen and oxygen atoms in total. The Bertz CT molecular complexity index is 440. The van der Waals surface area contributed by atoms with Crippen LogP contribution in [-0.2, 0) is 9.63 Å². The van der Waals surface area contributed by atoms with E-state index in [-0.39, 0.29) is 6.61 Å². The molecule has 0 saturated heterocycles. The normalized spacial score (nSPS) is 11.3. The number of nitrogens with zero attached hydrogens (tertiary/aromatic N) is 3. The van der Waals surface area contributed by atoms with Gasteiger partial charge in [-0.2, -0.15) is 5.26 Å². The molecule has 6 heteroatoms. The van der Waals surface area contributed by atoms with Crippen LogP contribution in [0.25, 0.3) is 6.20 Å². The molecule has 2 N–H and O–H groups in total. The Morgan fingerprint density at radius 1 is 1.56 bits per heavy atom.